The zero-order chi connectivity index (χ0) is 26.3. The number of ether oxygens (including phenoxy) is 1. The molecule has 0 fully saturated rings. The number of methoxy groups -OCH3 is 1. The fraction of sp³-hybridized carbons (Fsp3) is 0.259. The van der Waals surface area contributed by atoms with Gasteiger partial charge in [-0.3, -0.25) is 14.6 Å². The lowest BCUT2D eigenvalue weighted by Gasteiger charge is -2.16. The highest BCUT2D eigenvalue weighted by Gasteiger charge is 2.21. The van der Waals surface area contributed by atoms with Crippen molar-refractivity contribution in [3.8, 4) is 17.1 Å². The highest BCUT2D eigenvalue weighted by Crippen LogP contribution is 2.26. The summed E-state index contributed by atoms with van der Waals surface area (Å²) in [5.74, 6) is 0.724. The molecule has 0 aliphatic heterocycles. The molecule has 5 aromatic rings. The number of aromatic nitrogens is 5. The summed E-state index contributed by atoms with van der Waals surface area (Å²) in [6.07, 6.45) is 6.73. The number of benzene rings is 2. The molecule has 0 aliphatic rings. The average Bonchev–Trinajstić information content (AvgIpc) is 3.73. The van der Waals surface area contributed by atoms with Crippen LogP contribution in [0.4, 0.5) is 0 Å². The topological polar surface area (TPSA) is 123 Å². The van der Waals surface area contributed by atoms with Gasteiger partial charge in [-0.15, -0.1) is 15.7 Å². The largest absolute Gasteiger partial charge is 0.479 e. The minimum absolute atomic E-state index is 0.0725. The van der Waals surface area contributed by atoms with E-state index in [0.29, 0.717) is 35.7 Å². The summed E-state index contributed by atoms with van der Waals surface area (Å²) in [7, 11) is 1.48. The Morgan fingerprint density at radius 2 is 1.92 bits per heavy atom. The van der Waals surface area contributed by atoms with Crippen molar-refractivity contribution in [1.82, 2.24) is 29.0 Å². The second kappa shape index (κ2) is 12.1. The third-order valence-corrected chi connectivity index (χ3v) is 7.54. The van der Waals surface area contributed by atoms with E-state index in [9.17, 15) is 9.59 Å². The molecular formula is C27H26N6O3S2. The number of carbonyl (C=O) groups excluding carboxylic acids is 2. The van der Waals surface area contributed by atoms with E-state index in [-0.39, 0.29) is 23.6 Å². The molecule has 5 rings (SSSR count). The van der Waals surface area contributed by atoms with Crippen LogP contribution in [0.25, 0.3) is 22.0 Å². The lowest BCUT2D eigenvalue weighted by Crippen LogP contribution is -2.28. The molecule has 0 aliphatic carbocycles. The van der Waals surface area contributed by atoms with E-state index < -0.39 is 0 Å². The van der Waals surface area contributed by atoms with Gasteiger partial charge in [-0.25, -0.2) is 4.98 Å². The van der Waals surface area contributed by atoms with Crippen molar-refractivity contribution in [2.75, 3.05) is 7.11 Å². The number of hydrogen-bond donors (Lipinski definition) is 2. The monoisotopic (exact) mass is 546 g/mol. The first-order chi connectivity index (χ1) is 18.6. The molecule has 2 aromatic carbocycles. The standard InChI is InChI=1S/C27H26N6O3S2/c1-36-27-24(32-38-33-27)22(34)10-4-2-3-9-20(31-26(35)23-15-28-16-37-23)25-29-14-21(30-25)19-12-11-17-7-5-6-8-18(17)13-19/h5-8,11-16,20H,2-4,9-10H2,1H3,(H,29,30)(H,31,35)/t20-/m0/s1. The fourth-order valence-corrected chi connectivity index (χ4v) is 5.33. The number of carbonyl (C=O) groups is 2. The van der Waals surface area contributed by atoms with Gasteiger partial charge in [0.2, 0.25) is 0 Å². The Morgan fingerprint density at radius 3 is 2.74 bits per heavy atom. The van der Waals surface area contributed by atoms with Crippen LogP contribution in [-0.4, -0.2) is 42.5 Å². The minimum atomic E-state index is -0.308. The third-order valence-electron chi connectivity index (χ3n) is 6.26. The van der Waals surface area contributed by atoms with Crippen LogP contribution in [0.3, 0.4) is 0 Å². The van der Waals surface area contributed by atoms with Crippen molar-refractivity contribution in [2.24, 2.45) is 0 Å². The summed E-state index contributed by atoms with van der Waals surface area (Å²) in [6.45, 7) is 0. The van der Waals surface area contributed by atoms with Crippen molar-refractivity contribution < 1.29 is 14.3 Å². The number of fused-ring (bicyclic) bond motifs is 1. The maximum Gasteiger partial charge on any atom is 0.263 e. The number of nitrogens with one attached hydrogen (secondary N) is 2. The number of ketones is 1. The van der Waals surface area contributed by atoms with Crippen molar-refractivity contribution >= 4 is 45.5 Å². The second-order valence-electron chi connectivity index (χ2n) is 8.78. The molecule has 38 heavy (non-hydrogen) atoms. The van der Waals surface area contributed by atoms with Gasteiger partial charge < -0.3 is 15.0 Å². The number of aromatic amines is 1. The molecule has 3 heterocycles. The number of thiazole rings is 1. The molecule has 0 saturated carbocycles. The van der Waals surface area contributed by atoms with Crippen LogP contribution in [0, 0.1) is 0 Å². The molecule has 194 valence electrons. The van der Waals surface area contributed by atoms with E-state index >= 15 is 0 Å². The number of nitrogens with zero attached hydrogens (tertiary/aromatic N) is 4. The quantitative estimate of drug-likeness (QED) is 0.149. The number of amides is 1. The van der Waals surface area contributed by atoms with Gasteiger partial charge in [-0.2, -0.15) is 4.37 Å². The van der Waals surface area contributed by atoms with Gasteiger partial charge in [0.05, 0.1) is 48.5 Å². The van der Waals surface area contributed by atoms with E-state index in [1.807, 2.05) is 12.1 Å². The van der Waals surface area contributed by atoms with Crippen LogP contribution in [-0.2, 0) is 0 Å². The summed E-state index contributed by atoms with van der Waals surface area (Å²) in [5.41, 5.74) is 3.85. The molecule has 0 radical (unpaired) electrons. The Bertz CT molecular complexity index is 1530. The first-order valence-electron chi connectivity index (χ1n) is 12.3. The van der Waals surface area contributed by atoms with Crippen molar-refractivity contribution in [3.05, 3.63) is 76.8 Å². The highest BCUT2D eigenvalue weighted by atomic mass is 32.1. The van der Waals surface area contributed by atoms with Gasteiger partial charge in [0.1, 0.15) is 10.7 Å². The van der Waals surface area contributed by atoms with E-state index in [1.54, 1.807) is 17.9 Å². The van der Waals surface area contributed by atoms with E-state index in [2.05, 4.69) is 59.3 Å². The molecule has 3 aromatic heterocycles. The Balaban J connectivity index is 1.24. The fourth-order valence-electron chi connectivity index (χ4n) is 4.27. The molecule has 1 amide bonds. The van der Waals surface area contributed by atoms with Gasteiger partial charge in [0.15, 0.2) is 11.5 Å². The maximum absolute atomic E-state index is 12.8. The smallest absolute Gasteiger partial charge is 0.263 e. The lowest BCUT2D eigenvalue weighted by molar-refractivity contribution is 0.0935. The number of hydrogen-bond acceptors (Lipinski definition) is 9. The number of H-pyrrole nitrogens is 1. The average molecular weight is 547 g/mol. The van der Waals surface area contributed by atoms with Crippen molar-refractivity contribution in [3.63, 3.8) is 0 Å². The van der Waals surface area contributed by atoms with E-state index in [0.717, 1.165) is 41.2 Å². The Hall–Kier alpha value is -3.96. The Kier molecular flexibility index (Phi) is 8.15. The third kappa shape index (κ3) is 5.95. The van der Waals surface area contributed by atoms with Crippen LogP contribution in [0.2, 0.25) is 0 Å². The Labute approximate surface area is 227 Å². The molecule has 0 saturated heterocycles. The number of imidazole rings is 1. The lowest BCUT2D eigenvalue weighted by atomic mass is 10.0. The summed E-state index contributed by atoms with van der Waals surface area (Å²) >= 11 is 2.27. The number of Topliss-reactive ketones (excluding diaryl/α,β-unsaturated/α-hetero) is 1. The van der Waals surface area contributed by atoms with Gasteiger partial charge in [0, 0.05) is 12.0 Å². The molecule has 0 bridgehead atoms. The normalized spacial score (nSPS) is 11.9. The van der Waals surface area contributed by atoms with Crippen LogP contribution in [0.5, 0.6) is 5.88 Å². The molecule has 9 nitrogen and oxygen atoms in total. The maximum atomic E-state index is 12.8. The molecule has 0 spiro atoms. The van der Waals surface area contributed by atoms with E-state index in [1.165, 1.54) is 23.8 Å². The first kappa shape index (κ1) is 25.7. The van der Waals surface area contributed by atoms with Crippen LogP contribution in [0.1, 0.15) is 64.1 Å². The Morgan fingerprint density at radius 1 is 1.05 bits per heavy atom. The van der Waals surface area contributed by atoms with Gasteiger partial charge in [0.25, 0.3) is 11.8 Å². The van der Waals surface area contributed by atoms with Gasteiger partial charge in [-0.1, -0.05) is 49.2 Å². The predicted molar refractivity (Wildman–Crippen MR) is 148 cm³/mol. The molecule has 1 atom stereocenters. The van der Waals surface area contributed by atoms with Crippen molar-refractivity contribution in [1.29, 1.82) is 0 Å². The first-order valence-corrected chi connectivity index (χ1v) is 13.9. The molecule has 0 unspecified atom stereocenters. The second-order valence-corrected chi connectivity index (χ2v) is 10.2. The molecule has 2 N–H and O–H groups in total. The minimum Gasteiger partial charge on any atom is -0.479 e. The summed E-state index contributed by atoms with van der Waals surface area (Å²) < 4.78 is 13.1. The zero-order valence-electron chi connectivity index (χ0n) is 20.7. The molecular weight excluding hydrogens is 520 g/mol. The number of unbranched alkanes of at least 4 members (excludes halogenated alkanes) is 2. The number of rotatable bonds is 12. The highest BCUT2D eigenvalue weighted by molar-refractivity contribution is 7.11. The summed E-state index contributed by atoms with van der Waals surface area (Å²) in [6, 6.07) is 14.2. The molecule has 11 heteroatoms. The predicted octanol–water partition coefficient (Wildman–Crippen LogP) is 5.85. The summed E-state index contributed by atoms with van der Waals surface area (Å²) in [4.78, 5) is 37.9. The van der Waals surface area contributed by atoms with Gasteiger partial charge in [-0.05, 0) is 29.7 Å². The van der Waals surface area contributed by atoms with E-state index in [4.69, 9.17) is 4.74 Å². The van der Waals surface area contributed by atoms with Crippen LogP contribution >= 0.6 is 23.1 Å². The zero-order valence-corrected chi connectivity index (χ0v) is 22.3. The SMILES string of the molecule is COc1nsnc1C(=O)CCCCC[C@H](NC(=O)c1cncs1)c1ncc(-c2ccc3ccccc3c2)[nH]1. The van der Waals surface area contributed by atoms with Crippen molar-refractivity contribution in [2.45, 2.75) is 38.1 Å². The van der Waals surface area contributed by atoms with Crippen LogP contribution < -0.4 is 10.1 Å². The van der Waals surface area contributed by atoms with Gasteiger partial charge >= 0.3 is 0 Å². The van der Waals surface area contributed by atoms with Crippen LogP contribution in [0.15, 0.2) is 60.4 Å². The summed E-state index contributed by atoms with van der Waals surface area (Å²) in [5, 5.41) is 5.43.